The molecule has 4 rings (SSSR count). The average molecular weight is 340 g/mol. The zero-order valence-electron chi connectivity index (χ0n) is 14.3. The first-order valence-corrected chi connectivity index (χ1v) is 9.17. The average Bonchev–Trinajstić information content (AvgIpc) is 3.14. The molecule has 0 spiro atoms. The van der Waals surface area contributed by atoms with Crippen LogP contribution >= 0.6 is 0 Å². The molecule has 3 aliphatic rings. The minimum absolute atomic E-state index is 0.110. The molecule has 3 fully saturated rings. The van der Waals surface area contributed by atoms with Crippen LogP contribution in [0.3, 0.4) is 0 Å². The van der Waals surface area contributed by atoms with E-state index in [-0.39, 0.29) is 18.2 Å². The number of hydrogen-bond donors (Lipinski definition) is 2. The summed E-state index contributed by atoms with van der Waals surface area (Å²) in [5.41, 5.74) is 0.160. The van der Waals surface area contributed by atoms with E-state index in [1.807, 2.05) is 18.2 Å². The van der Waals surface area contributed by atoms with E-state index in [1.54, 1.807) is 6.07 Å². The van der Waals surface area contributed by atoms with Crippen molar-refractivity contribution in [2.24, 2.45) is 11.8 Å². The maximum atomic E-state index is 12.4. The largest absolute Gasteiger partial charge is 0.389 e. The Kier molecular flexibility index (Phi) is 4.05. The van der Waals surface area contributed by atoms with Crippen molar-refractivity contribution in [1.29, 1.82) is 5.26 Å². The maximum Gasteiger partial charge on any atom is 0.223 e. The van der Waals surface area contributed by atoms with Crippen LogP contribution in [0.25, 0.3) is 0 Å². The summed E-state index contributed by atoms with van der Waals surface area (Å²) in [7, 11) is 0. The predicted molar refractivity (Wildman–Crippen MR) is 91.4 cm³/mol. The van der Waals surface area contributed by atoms with Crippen LogP contribution in [0.2, 0.25) is 0 Å². The third kappa shape index (κ3) is 2.94. The molecule has 1 aliphatic heterocycles. The highest BCUT2D eigenvalue weighted by molar-refractivity contribution is 5.77. The van der Waals surface area contributed by atoms with Gasteiger partial charge in [0.05, 0.1) is 36.8 Å². The Balaban J connectivity index is 1.39. The second-order valence-electron chi connectivity index (χ2n) is 7.92. The number of carbonyl (C=O) groups is 1. The summed E-state index contributed by atoms with van der Waals surface area (Å²) in [6.45, 7) is 1.03. The zero-order chi connectivity index (χ0) is 17.5. The van der Waals surface area contributed by atoms with Crippen LogP contribution in [0.15, 0.2) is 24.3 Å². The van der Waals surface area contributed by atoms with Crippen LogP contribution in [0, 0.1) is 23.2 Å². The number of aliphatic hydroxyl groups is 1. The Morgan fingerprint density at radius 2 is 2.28 bits per heavy atom. The lowest BCUT2D eigenvalue weighted by Gasteiger charge is -2.42. The Hall–Kier alpha value is -1.90. The summed E-state index contributed by atoms with van der Waals surface area (Å²) in [4.78, 5) is 12.4. The fraction of sp³-hybridized carbons (Fsp3) is 0.600. The van der Waals surface area contributed by atoms with E-state index in [0.717, 1.165) is 31.2 Å². The van der Waals surface area contributed by atoms with Crippen LogP contribution in [0.1, 0.15) is 49.7 Å². The third-order valence-electron chi connectivity index (χ3n) is 6.38. The summed E-state index contributed by atoms with van der Waals surface area (Å²) in [6, 6.07) is 9.52. The monoisotopic (exact) mass is 340 g/mol. The fourth-order valence-corrected chi connectivity index (χ4v) is 4.90. The van der Waals surface area contributed by atoms with Crippen LogP contribution < -0.4 is 5.32 Å². The van der Waals surface area contributed by atoms with Crippen LogP contribution in [-0.2, 0) is 15.1 Å². The number of fused-ring (bicyclic) bond motifs is 2. The van der Waals surface area contributed by atoms with Gasteiger partial charge < -0.3 is 15.2 Å². The lowest BCUT2D eigenvalue weighted by atomic mass is 9.81. The molecule has 2 N–H and O–H groups in total. The van der Waals surface area contributed by atoms with Gasteiger partial charge in [-0.3, -0.25) is 4.79 Å². The van der Waals surface area contributed by atoms with Crippen molar-refractivity contribution in [3.8, 4) is 6.07 Å². The number of nitrogens with one attached hydrogen (secondary N) is 1. The molecule has 5 heteroatoms. The number of amides is 1. The topological polar surface area (TPSA) is 82.4 Å². The van der Waals surface area contributed by atoms with E-state index in [1.165, 1.54) is 6.42 Å². The van der Waals surface area contributed by atoms with Gasteiger partial charge in [-0.1, -0.05) is 12.1 Å². The van der Waals surface area contributed by atoms with Gasteiger partial charge in [0.25, 0.3) is 0 Å². The van der Waals surface area contributed by atoms with Gasteiger partial charge in [-0.2, -0.15) is 5.26 Å². The normalized spacial score (nSPS) is 35.8. The minimum atomic E-state index is -0.818. The van der Waals surface area contributed by atoms with E-state index < -0.39 is 11.2 Å². The molecular weight excluding hydrogens is 316 g/mol. The summed E-state index contributed by atoms with van der Waals surface area (Å²) in [5.74, 6) is 0.767. The first-order chi connectivity index (χ1) is 12.0. The lowest BCUT2D eigenvalue weighted by molar-refractivity contribution is -0.156. The molecule has 1 saturated heterocycles. The van der Waals surface area contributed by atoms with Gasteiger partial charge in [-0.15, -0.1) is 0 Å². The van der Waals surface area contributed by atoms with Crippen LogP contribution in [0.5, 0.6) is 0 Å². The number of nitriles is 1. The van der Waals surface area contributed by atoms with E-state index in [9.17, 15) is 9.90 Å². The van der Waals surface area contributed by atoms with Crippen molar-refractivity contribution in [2.45, 2.75) is 49.7 Å². The highest BCUT2D eigenvalue weighted by atomic mass is 16.5. The first-order valence-electron chi connectivity index (χ1n) is 9.17. The van der Waals surface area contributed by atoms with Crippen LogP contribution in [0.4, 0.5) is 0 Å². The smallest absolute Gasteiger partial charge is 0.223 e. The second kappa shape index (κ2) is 6.12. The minimum Gasteiger partial charge on any atom is -0.389 e. The highest BCUT2D eigenvalue weighted by Crippen LogP contribution is 2.52. The SMILES string of the molecule is N#Cc1cccc([C@]2(CNC(=O)CC3(O)CC4CCC3C4)CCO2)c1. The second-order valence-corrected chi connectivity index (χ2v) is 7.92. The van der Waals surface area contributed by atoms with Gasteiger partial charge in [0, 0.05) is 6.42 Å². The number of hydrogen-bond acceptors (Lipinski definition) is 4. The van der Waals surface area contributed by atoms with Gasteiger partial charge in [0.1, 0.15) is 5.60 Å². The van der Waals surface area contributed by atoms with E-state index in [0.29, 0.717) is 24.6 Å². The first kappa shape index (κ1) is 16.6. The lowest BCUT2D eigenvalue weighted by Crippen LogP contribution is -2.51. The number of rotatable bonds is 5. The van der Waals surface area contributed by atoms with Crippen LogP contribution in [-0.4, -0.2) is 29.8 Å². The van der Waals surface area contributed by atoms with Crippen molar-refractivity contribution in [1.82, 2.24) is 5.32 Å². The molecule has 132 valence electrons. The molecule has 0 radical (unpaired) electrons. The molecule has 1 heterocycles. The predicted octanol–water partition coefficient (Wildman–Crippen LogP) is 2.23. The molecule has 2 bridgehead atoms. The number of ether oxygens (including phenoxy) is 1. The van der Waals surface area contributed by atoms with Gasteiger partial charge >= 0.3 is 0 Å². The molecular formula is C20H24N2O3. The Morgan fingerprint density at radius 3 is 2.88 bits per heavy atom. The van der Waals surface area contributed by atoms with Crippen molar-refractivity contribution >= 4 is 5.91 Å². The number of benzene rings is 1. The van der Waals surface area contributed by atoms with Gasteiger partial charge in [-0.25, -0.2) is 0 Å². The molecule has 1 aromatic carbocycles. The summed E-state index contributed by atoms with van der Waals surface area (Å²) >= 11 is 0. The molecule has 2 aliphatic carbocycles. The Labute approximate surface area is 148 Å². The molecule has 0 aromatic heterocycles. The molecule has 25 heavy (non-hydrogen) atoms. The molecule has 1 aromatic rings. The van der Waals surface area contributed by atoms with E-state index in [4.69, 9.17) is 10.00 Å². The number of carbonyl (C=O) groups excluding carboxylic acids is 1. The molecule has 1 amide bonds. The number of nitrogens with zero attached hydrogens (tertiary/aromatic N) is 1. The van der Waals surface area contributed by atoms with Gasteiger partial charge in [0.15, 0.2) is 0 Å². The van der Waals surface area contributed by atoms with E-state index in [2.05, 4.69) is 11.4 Å². The summed E-state index contributed by atoms with van der Waals surface area (Å²) in [6.07, 6.45) is 5.07. The Morgan fingerprint density at radius 1 is 1.44 bits per heavy atom. The maximum absolute atomic E-state index is 12.4. The fourth-order valence-electron chi connectivity index (χ4n) is 4.90. The highest BCUT2D eigenvalue weighted by Gasteiger charge is 2.51. The van der Waals surface area contributed by atoms with Gasteiger partial charge in [-0.05, 0) is 55.2 Å². The molecule has 5 nitrogen and oxygen atoms in total. The molecule has 3 unspecified atom stereocenters. The third-order valence-corrected chi connectivity index (χ3v) is 6.38. The zero-order valence-corrected chi connectivity index (χ0v) is 14.3. The Bertz CT molecular complexity index is 722. The van der Waals surface area contributed by atoms with Crippen molar-refractivity contribution in [3.05, 3.63) is 35.4 Å². The molecule has 2 saturated carbocycles. The summed E-state index contributed by atoms with van der Waals surface area (Å²) in [5, 5.41) is 22.9. The standard InChI is InChI=1S/C20H24N2O3/c21-12-15-2-1-3-17(9-15)20(6-7-25-20)13-22-18(23)11-19(24)10-14-4-5-16(19)8-14/h1-3,9,14,16,24H,4-8,10-11,13H2,(H,22,23)/t14?,16?,19?,20-/m1/s1. The molecule has 4 atom stereocenters. The van der Waals surface area contributed by atoms with Gasteiger partial charge in [0.2, 0.25) is 5.91 Å². The summed E-state index contributed by atoms with van der Waals surface area (Å²) < 4.78 is 5.81. The van der Waals surface area contributed by atoms with Crippen molar-refractivity contribution < 1.29 is 14.6 Å². The van der Waals surface area contributed by atoms with Crippen molar-refractivity contribution in [3.63, 3.8) is 0 Å². The quantitative estimate of drug-likeness (QED) is 0.861. The van der Waals surface area contributed by atoms with Crippen molar-refractivity contribution in [2.75, 3.05) is 13.2 Å². The van der Waals surface area contributed by atoms with E-state index >= 15 is 0 Å².